The summed E-state index contributed by atoms with van der Waals surface area (Å²) in [4.78, 5) is 0. The van der Waals surface area contributed by atoms with Gasteiger partial charge in [0.25, 0.3) is 0 Å². The summed E-state index contributed by atoms with van der Waals surface area (Å²) in [6, 6.07) is 3.65. The molecule has 0 amide bonds. The van der Waals surface area contributed by atoms with Crippen LogP contribution >= 0.6 is 0 Å². The maximum atomic E-state index is 15.0. The molecule has 0 atom stereocenters. The Morgan fingerprint density at radius 2 is 1.44 bits per heavy atom. The van der Waals surface area contributed by atoms with E-state index in [0.29, 0.717) is 18.4 Å². The summed E-state index contributed by atoms with van der Waals surface area (Å²) in [5, 5.41) is 9.93. The van der Waals surface area contributed by atoms with Gasteiger partial charge in [0.05, 0.1) is 5.56 Å². The van der Waals surface area contributed by atoms with Crippen LogP contribution in [0, 0.1) is 34.9 Å². The fourth-order valence-corrected chi connectivity index (χ4v) is 3.13. The second-order valence-corrected chi connectivity index (χ2v) is 6.83. The number of benzene rings is 3. The molecule has 3 aromatic rings. The number of rotatable bonds is 6. The van der Waals surface area contributed by atoms with E-state index < -0.39 is 69.2 Å². The van der Waals surface area contributed by atoms with Crippen LogP contribution in [0.4, 0.5) is 35.1 Å². The molecule has 3 rings (SSSR count). The monoisotopic (exact) mass is 462 g/mol. The first-order valence-electron chi connectivity index (χ1n) is 9.17. The maximum absolute atomic E-state index is 15.0. The van der Waals surface area contributed by atoms with E-state index in [1.54, 1.807) is 0 Å². The van der Waals surface area contributed by atoms with Gasteiger partial charge < -0.3 is 9.84 Å². The van der Waals surface area contributed by atoms with Gasteiger partial charge in [-0.15, -0.1) is 0 Å². The second-order valence-electron chi connectivity index (χ2n) is 6.83. The van der Waals surface area contributed by atoms with E-state index in [4.69, 9.17) is 0 Å². The summed E-state index contributed by atoms with van der Waals surface area (Å²) in [5.74, 6) is -13.2. The van der Waals surface area contributed by atoms with Crippen molar-refractivity contribution in [3.63, 3.8) is 0 Å². The highest BCUT2D eigenvalue weighted by molar-refractivity contribution is 5.73. The largest absolute Gasteiger partial charge is 0.507 e. The first-order valence-corrected chi connectivity index (χ1v) is 9.17. The van der Waals surface area contributed by atoms with Crippen molar-refractivity contribution in [2.45, 2.75) is 25.9 Å². The molecule has 0 saturated heterocycles. The third kappa shape index (κ3) is 4.35. The van der Waals surface area contributed by atoms with Crippen LogP contribution in [-0.4, -0.2) is 5.11 Å². The lowest BCUT2D eigenvalue weighted by atomic mass is 9.97. The van der Waals surface area contributed by atoms with Crippen molar-refractivity contribution in [1.29, 1.82) is 0 Å². The first-order chi connectivity index (χ1) is 15.0. The first kappa shape index (κ1) is 23.4. The van der Waals surface area contributed by atoms with Crippen LogP contribution in [0.1, 0.15) is 24.5 Å². The molecule has 0 heterocycles. The van der Waals surface area contributed by atoms with Crippen LogP contribution in [0.15, 0.2) is 36.4 Å². The van der Waals surface area contributed by atoms with Crippen LogP contribution < -0.4 is 4.74 Å². The minimum Gasteiger partial charge on any atom is -0.507 e. The summed E-state index contributed by atoms with van der Waals surface area (Å²) in [5.41, 5.74) is -3.23. The summed E-state index contributed by atoms with van der Waals surface area (Å²) in [7, 11) is 0. The van der Waals surface area contributed by atoms with Crippen LogP contribution in [0.3, 0.4) is 0 Å². The van der Waals surface area contributed by atoms with Gasteiger partial charge in [-0.3, -0.25) is 0 Å². The highest BCUT2D eigenvalue weighted by atomic mass is 19.3. The van der Waals surface area contributed by atoms with Crippen molar-refractivity contribution >= 4 is 0 Å². The third-order valence-corrected chi connectivity index (χ3v) is 4.53. The number of hydrogen-bond acceptors (Lipinski definition) is 2. The molecular weight excluding hydrogens is 448 g/mol. The van der Waals surface area contributed by atoms with Gasteiger partial charge in [0.1, 0.15) is 28.7 Å². The van der Waals surface area contributed by atoms with Crippen molar-refractivity contribution in [2.75, 3.05) is 0 Å². The topological polar surface area (TPSA) is 29.5 Å². The van der Waals surface area contributed by atoms with E-state index >= 15 is 0 Å². The average Bonchev–Trinajstić information content (AvgIpc) is 2.67. The van der Waals surface area contributed by atoms with E-state index in [9.17, 15) is 40.2 Å². The van der Waals surface area contributed by atoms with Gasteiger partial charge in [-0.25, -0.2) is 26.3 Å². The standard InChI is InChI=1S/C22H14F8O2/c1-2-3-10-4-5-12(13(23)6-10)18-17(31)9-14(24)19(21(18)28)22(29,30)32-11-7-15(25)20(27)16(26)8-11/h4-9,31H,2-3H2,1H3. The van der Waals surface area contributed by atoms with E-state index in [2.05, 4.69) is 4.74 Å². The van der Waals surface area contributed by atoms with Gasteiger partial charge in [0.15, 0.2) is 23.3 Å². The number of aryl methyl sites for hydroxylation is 1. The average molecular weight is 462 g/mol. The highest BCUT2D eigenvalue weighted by Gasteiger charge is 2.43. The quantitative estimate of drug-likeness (QED) is 0.317. The van der Waals surface area contributed by atoms with Gasteiger partial charge in [-0.1, -0.05) is 25.5 Å². The predicted molar refractivity (Wildman–Crippen MR) is 98.2 cm³/mol. The minimum atomic E-state index is -4.88. The number of phenols is 1. The van der Waals surface area contributed by atoms with Crippen molar-refractivity contribution in [2.24, 2.45) is 0 Å². The van der Waals surface area contributed by atoms with Crippen LogP contribution in [0.25, 0.3) is 11.1 Å². The molecule has 2 nitrogen and oxygen atoms in total. The van der Waals surface area contributed by atoms with E-state index in [0.717, 1.165) is 12.1 Å². The molecule has 0 spiro atoms. The van der Waals surface area contributed by atoms with Gasteiger partial charge in [-0.2, -0.15) is 8.78 Å². The molecule has 0 aliphatic heterocycles. The Morgan fingerprint density at radius 3 is 2.00 bits per heavy atom. The zero-order chi connectivity index (χ0) is 23.8. The lowest BCUT2D eigenvalue weighted by Gasteiger charge is -2.21. The Morgan fingerprint density at radius 1 is 0.812 bits per heavy atom. The fraction of sp³-hybridized carbons (Fsp3) is 0.182. The highest BCUT2D eigenvalue weighted by Crippen LogP contribution is 2.43. The Hall–Kier alpha value is -3.30. The summed E-state index contributed by atoms with van der Waals surface area (Å²) >= 11 is 0. The number of halogens is 8. The molecule has 10 heteroatoms. The molecule has 0 bridgehead atoms. The van der Waals surface area contributed by atoms with Crippen molar-refractivity contribution < 1.29 is 45.0 Å². The third-order valence-electron chi connectivity index (χ3n) is 4.53. The Balaban J connectivity index is 2.12. The number of aromatic hydroxyl groups is 1. The van der Waals surface area contributed by atoms with Crippen molar-refractivity contribution in [1.82, 2.24) is 0 Å². The summed E-state index contributed by atoms with van der Waals surface area (Å²) < 4.78 is 117. The lowest BCUT2D eigenvalue weighted by Crippen LogP contribution is -2.26. The molecule has 0 aromatic heterocycles. The molecule has 0 fully saturated rings. The number of hydrogen-bond donors (Lipinski definition) is 1. The fourth-order valence-electron chi connectivity index (χ4n) is 3.13. The van der Waals surface area contributed by atoms with Gasteiger partial charge in [-0.05, 0) is 18.1 Å². The SMILES string of the molecule is CCCc1ccc(-c2c(O)cc(F)c(C(F)(F)Oc3cc(F)c(F)c(F)c3)c2F)c(F)c1. The molecule has 32 heavy (non-hydrogen) atoms. The Labute approximate surface area is 176 Å². The van der Waals surface area contributed by atoms with Gasteiger partial charge >= 0.3 is 6.11 Å². The predicted octanol–water partition coefficient (Wildman–Crippen LogP) is 6.97. The molecule has 170 valence electrons. The molecule has 0 aliphatic carbocycles. The summed E-state index contributed by atoms with van der Waals surface area (Å²) in [6.07, 6.45) is -3.75. The molecule has 0 radical (unpaired) electrons. The zero-order valence-corrected chi connectivity index (χ0v) is 16.3. The van der Waals surface area contributed by atoms with Crippen LogP contribution in [-0.2, 0) is 12.5 Å². The van der Waals surface area contributed by atoms with Gasteiger partial charge in [0, 0.05) is 23.8 Å². The minimum absolute atomic E-state index is 0.0512. The molecule has 0 unspecified atom stereocenters. The normalized spacial score (nSPS) is 11.7. The summed E-state index contributed by atoms with van der Waals surface area (Å²) in [6.45, 7) is 1.82. The zero-order valence-electron chi connectivity index (χ0n) is 16.3. The molecule has 0 saturated carbocycles. The Bertz CT molecular complexity index is 1150. The smallest absolute Gasteiger partial charge is 0.432 e. The van der Waals surface area contributed by atoms with E-state index in [1.165, 1.54) is 6.07 Å². The Kier molecular flexibility index (Phi) is 6.34. The molecule has 3 aromatic carbocycles. The van der Waals surface area contributed by atoms with E-state index in [1.807, 2.05) is 6.92 Å². The van der Waals surface area contributed by atoms with Gasteiger partial charge in [0.2, 0.25) is 0 Å². The maximum Gasteiger partial charge on any atom is 0.432 e. The second kappa shape index (κ2) is 8.68. The molecule has 1 N–H and O–H groups in total. The number of ether oxygens (including phenoxy) is 1. The van der Waals surface area contributed by atoms with Crippen molar-refractivity contribution in [3.8, 4) is 22.6 Å². The van der Waals surface area contributed by atoms with Crippen LogP contribution in [0.5, 0.6) is 11.5 Å². The van der Waals surface area contributed by atoms with E-state index in [-0.39, 0.29) is 18.2 Å². The number of phenolic OH excluding ortho intramolecular Hbond substituents is 1. The number of alkyl halides is 2. The lowest BCUT2D eigenvalue weighted by molar-refractivity contribution is -0.189. The molecule has 0 aliphatic rings. The van der Waals surface area contributed by atoms with Crippen molar-refractivity contribution in [3.05, 3.63) is 82.4 Å². The van der Waals surface area contributed by atoms with Crippen LogP contribution in [0.2, 0.25) is 0 Å². The molecular formula is C22H14F8O2.